The molecule has 1 aromatic carbocycles. The summed E-state index contributed by atoms with van der Waals surface area (Å²) in [6.45, 7) is 5.18. The molecular formula is C14H21NOS. The highest BCUT2D eigenvalue weighted by atomic mass is 32.2. The lowest BCUT2D eigenvalue weighted by Crippen LogP contribution is -2.27. The lowest BCUT2D eigenvalue weighted by Gasteiger charge is -2.13. The smallest absolute Gasteiger partial charge is 0.0564 e. The molecule has 0 radical (unpaired) electrons. The van der Waals surface area contributed by atoms with Crippen LogP contribution in [0.2, 0.25) is 0 Å². The van der Waals surface area contributed by atoms with Crippen molar-refractivity contribution >= 4 is 10.8 Å². The molecule has 94 valence electrons. The number of rotatable bonds is 4. The van der Waals surface area contributed by atoms with Crippen LogP contribution >= 0.6 is 0 Å². The largest absolute Gasteiger partial charge is 0.314 e. The van der Waals surface area contributed by atoms with E-state index in [1.807, 2.05) is 31.2 Å². The van der Waals surface area contributed by atoms with Crippen LogP contribution in [-0.4, -0.2) is 22.0 Å². The summed E-state index contributed by atoms with van der Waals surface area (Å²) in [4.78, 5) is 1.02. The molecule has 3 heteroatoms. The van der Waals surface area contributed by atoms with Crippen LogP contribution in [0.4, 0.5) is 0 Å². The first-order valence-electron chi connectivity index (χ1n) is 6.42. The first kappa shape index (κ1) is 12.8. The average molecular weight is 251 g/mol. The Hall–Kier alpha value is -0.670. The molecule has 1 fully saturated rings. The minimum atomic E-state index is -0.835. The van der Waals surface area contributed by atoms with Crippen molar-refractivity contribution in [3.63, 3.8) is 0 Å². The normalized spacial score (nSPS) is 26.0. The second kappa shape index (κ2) is 5.78. The van der Waals surface area contributed by atoms with Crippen molar-refractivity contribution in [2.45, 2.75) is 49.3 Å². The summed E-state index contributed by atoms with van der Waals surface area (Å²) in [5, 5.41) is 3.79. The quantitative estimate of drug-likeness (QED) is 0.891. The first-order chi connectivity index (χ1) is 8.22. The summed E-state index contributed by atoms with van der Waals surface area (Å²) < 4.78 is 12.5. The Bertz CT molecular complexity index is 405. The molecule has 1 N–H and O–H groups in total. The molecule has 0 saturated heterocycles. The Balaban J connectivity index is 2.05. The maximum atomic E-state index is 12.5. The monoisotopic (exact) mass is 251 g/mol. The molecule has 1 aliphatic carbocycles. The molecule has 0 amide bonds. The molecule has 3 atom stereocenters. The van der Waals surface area contributed by atoms with Gasteiger partial charge in [0, 0.05) is 16.2 Å². The van der Waals surface area contributed by atoms with Crippen LogP contribution in [0.1, 0.15) is 31.7 Å². The average Bonchev–Trinajstić information content (AvgIpc) is 2.78. The molecule has 0 aliphatic heterocycles. The third kappa shape index (κ3) is 2.96. The predicted molar refractivity (Wildman–Crippen MR) is 72.7 cm³/mol. The van der Waals surface area contributed by atoms with Gasteiger partial charge in [-0.1, -0.05) is 25.1 Å². The topological polar surface area (TPSA) is 29.1 Å². The van der Waals surface area contributed by atoms with Crippen LogP contribution < -0.4 is 5.32 Å². The van der Waals surface area contributed by atoms with E-state index in [4.69, 9.17) is 0 Å². The van der Waals surface area contributed by atoms with Crippen LogP contribution in [0.5, 0.6) is 0 Å². The zero-order valence-electron chi connectivity index (χ0n) is 10.6. The number of hydrogen-bond acceptors (Lipinski definition) is 2. The Labute approximate surface area is 106 Å². The van der Waals surface area contributed by atoms with Gasteiger partial charge in [-0.2, -0.15) is 0 Å². The fraction of sp³-hybridized carbons (Fsp3) is 0.571. The minimum Gasteiger partial charge on any atom is -0.314 e. The third-order valence-corrected chi connectivity index (χ3v) is 5.42. The highest BCUT2D eigenvalue weighted by Gasteiger charge is 2.29. The molecule has 3 unspecified atom stereocenters. The summed E-state index contributed by atoms with van der Waals surface area (Å²) in [6, 6.07) is 8.61. The molecule has 0 heterocycles. The highest BCUT2D eigenvalue weighted by Crippen LogP contribution is 2.28. The zero-order chi connectivity index (χ0) is 12.3. The van der Waals surface area contributed by atoms with Crippen LogP contribution in [-0.2, 0) is 10.8 Å². The van der Waals surface area contributed by atoms with E-state index in [-0.39, 0.29) is 0 Å². The van der Waals surface area contributed by atoms with E-state index in [1.165, 1.54) is 0 Å². The van der Waals surface area contributed by atoms with Gasteiger partial charge in [-0.15, -0.1) is 0 Å². The summed E-state index contributed by atoms with van der Waals surface area (Å²) in [6.07, 6.45) is 3.30. The fourth-order valence-corrected chi connectivity index (χ4v) is 4.28. The van der Waals surface area contributed by atoms with Gasteiger partial charge in [0.15, 0.2) is 0 Å². The van der Waals surface area contributed by atoms with Crippen molar-refractivity contribution < 1.29 is 4.21 Å². The molecule has 2 rings (SSSR count). The lowest BCUT2D eigenvalue weighted by molar-refractivity contribution is 0.542. The van der Waals surface area contributed by atoms with Gasteiger partial charge in [-0.3, -0.25) is 4.21 Å². The highest BCUT2D eigenvalue weighted by molar-refractivity contribution is 7.85. The maximum absolute atomic E-state index is 12.5. The second-order valence-corrected chi connectivity index (χ2v) is 6.45. The molecule has 1 aliphatic rings. The molecule has 17 heavy (non-hydrogen) atoms. The van der Waals surface area contributed by atoms with Gasteiger partial charge in [0.2, 0.25) is 0 Å². The number of hydrogen-bond donors (Lipinski definition) is 1. The van der Waals surface area contributed by atoms with Gasteiger partial charge >= 0.3 is 0 Å². The van der Waals surface area contributed by atoms with Gasteiger partial charge in [0.1, 0.15) is 0 Å². The number of nitrogens with one attached hydrogen (secondary N) is 1. The first-order valence-corrected chi connectivity index (χ1v) is 7.63. The fourth-order valence-electron chi connectivity index (χ4n) is 2.57. The molecule has 0 bridgehead atoms. The Morgan fingerprint density at radius 1 is 1.35 bits per heavy atom. The summed E-state index contributed by atoms with van der Waals surface area (Å²) in [7, 11) is -0.835. The van der Waals surface area contributed by atoms with Crippen molar-refractivity contribution in [1.29, 1.82) is 0 Å². The van der Waals surface area contributed by atoms with Gasteiger partial charge in [0.25, 0.3) is 0 Å². The van der Waals surface area contributed by atoms with Crippen LogP contribution in [0.25, 0.3) is 0 Å². The van der Waals surface area contributed by atoms with Gasteiger partial charge < -0.3 is 5.32 Å². The van der Waals surface area contributed by atoms with Crippen LogP contribution in [0, 0.1) is 6.92 Å². The standard InChI is InChI=1S/C14H21NOS/c1-3-15-12-8-9-13(10-12)17(16)14-7-5-4-6-11(14)2/h4-7,12-13,15H,3,8-10H2,1-2H3. The van der Waals surface area contributed by atoms with E-state index in [2.05, 4.69) is 12.2 Å². The molecular weight excluding hydrogens is 230 g/mol. The predicted octanol–water partition coefficient (Wildman–Crippen LogP) is 2.63. The van der Waals surface area contributed by atoms with Gasteiger partial charge in [0.05, 0.1) is 10.8 Å². The van der Waals surface area contributed by atoms with E-state index in [0.717, 1.165) is 36.3 Å². The number of aryl methyl sites for hydroxylation is 1. The summed E-state index contributed by atoms with van der Waals surface area (Å²) in [5.74, 6) is 0. The molecule has 2 nitrogen and oxygen atoms in total. The third-order valence-electron chi connectivity index (χ3n) is 3.49. The Morgan fingerprint density at radius 2 is 2.12 bits per heavy atom. The van der Waals surface area contributed by atoms with E-state index in [1.54, 1.807) is 0 Å². The van der Waals surface area contributed by atoms with E-state index < -0.39 is 10.8 Å². The maximum Gasteiger partial charge on any atom is 0.0564 e. The minimum absolute atomic E-state index is 0.333. The summed E-state index contributed by atoms with van der Waals surface area (Å²) in [5.41, 5.74) is 1.15. The van der Waals surface area contributed by atoms with Crippen molar-refractivity contribution in [2.75, 3.05) is 6.54 Å². The SMILES string of the molecule is CCNC1CCC(S(=O)c2ccccc2C)C1. The lowest BCUT2D eigenvalue weighted by atomic mass is 10.2. The van der Waals surface area contributed by atoms with E-state index in [0.29, 0.717) is 11.3 Å². The van der Waals surface area contributed by atoms with Crippen molar-refractivity contribution in [3.05, 3.63) is 29.8 Å². The summed E-state index contributed by atoms with van der Waals surface area (Å²) >= 11 is 0. The van der Waals surface area contributed by atoms with Gasteiger partial charge in [-0.05, 0) is 44.4 Å². The second-order valence-electron chi connectivity index (χ2n) is 4.75. The number of benzene rings is 1. The van der Waals surface area contributed by atoms with Crippen LogP contribution in [0.15, 0.2) is 29.2 Å². The van der Waals surface area contributed by atoms with Crippen molar-refractivity contribution in [1.82, 2.24) is 5.32 Å². The Morgan fingerprint density at radius 3 is 2.82 bits per heavy atom. The van der Waals surface area contributed by atoms with E-state index >= 15 is 0 Å². The van der Waals surface area contributed by atoms with Gasteiger partial charge in [-0.25, -0.2) is 0 Å². The van der Waals surface area contributed by atoms with E-state index in [9.17, 15) is 4.21 Å². The Kier molecular flexibility index (Phi) is 4.35. The molecule has 1 aromatic rings. The molecule has 0 spiro atoms. The van der Waals surface area contributed by atoms with Crippen molar-refractivity contribution in [3.8, 4) is 0 Å². The molecule has 0 aromatic heterocycles. The van der Waals surface area contributed by atoms with Crippen molar-refractivity contribution in [2.24, 2.45) is 0 Å². The zero-order valence-corrected chi connectivity index (χ0v) is 11.4. The van der Waals surface area contributed by atoms with Crippen LogP contribution in [0.3, 0.4) is 0 Å². The molecule has 1 saturated carbocycles.